The molecule has 16 heteroatoms. The lowest BCUT2D eigenvalue weighted by Gasteiger charge is -2.43. The second-order valence-corrected chi connectivity index (χ2v) is 20.6. The van der Waals surface area contributed by atoms with E-state index in [2.05, 4.69) is 55.4 Å². The van der Waals surface area contributed by atoms with Gasteiger partial charge in [0.1, 0.15) is 40.3 Å². The molecule has 3 aromatic carbocycles. The summed E-state index contributed by atoms with van der Waals surface area (Å²) in [6, 6.07) is 22.2. The van der Waals surface area contributed by atoms with Crippen molar-refractivity contribution in [2.75, 3.05) is 70.5 Å². The summed E-state index contributed by atoms with van der Waals surface area (Å²) in [5.74, 6) is -0.472. The molecule has 3 saturated heterocycles. The van der Waals surface area contributed by atoms with E-state index in [1.165, 1.54) is 16.7 Å². The van der Waals surface area contributed by atoms with Crippen LogP contribution in [0.3, 0.4) is 0 Å². The molecule has 1 amide bonds. The fourth-order valence-corrected chi connectivity index (χ4v) is 10.3. The van der Waals surface area contributed by atoms with Crippen LogP contribution in [0.2, 0.25) is 5.02 Å². The zero-order chi connectivity index (χ0) is 45.3. The fraction of sp³-hybridized carbons (Fsp3) is 0.429. The molecule has 65 heavy (non-hydrogen) atoms. The molecule has 13 nitrogen and oxygen atoms in total. The van der Waals surface area contributed by atoms with Crippen LogP contribution in [-0.4, -0.2) is 113 Å². The molecule has 4 aromatic rings. The molecule has 3 fully saturated rings. The Labute approximate surface area is 384 Å². The van der Waals surface area contributed by atoms with Crippen LogP contribution in [0, 0.1) is 16.7 Å². The molecule has 340 valence electrons. The van der Waals surface area contributed by atoms with E-state index in [1.54, 1.807) is 30.5 Å². The maximum atomic E-state index is 15.7. The number of likely N-dealkylation sites (tertiary alicyclic amines) is 1. The van der Waals surface area contributed by atoms with Gasteiger partial charge in [-0.2, -0.15) is 5.26 Å². The number of alkyl halides is 1. The van der Waals surface area contributed by atoms with Crippen molar-refractivity contribution in [1.29, 1.82) is 5.26 Å². The standard InChI is InChI=1S/C49H53ClFN7O6S/c1-48(2)13-12-35(42(24-48)33-6-8-37(50)9-7-33)29-56-18-20-58(21-19-56)38-10-11-41(45(23-38)64-44-5-3-4-34-26-53-28-43(34)44)46(59)55-65(60,61)40-22-36(25-52)47(54-27-40)63-32-49(51)14-16-57(17-15-49)39-30-62-31-39/h3-11,22-23,27-28,39H,12-21,24,26,29-32H2,1-2H3,(H,55,59). The van der Waals surface area contributed by atoms with E-state index in [-0.39, 0.29) is 47.6 Å². The minimum absolute atomic E-state index is 0.0112. The van der Waals surface area contributed by atoms with Gasteiger partial charge >= 0.3 is 0 Å². The first-order valence-corrected chi connectivity index (χ1v) is 24.1. The van der Waals surface area contributed by atoms with Crippen molar-refractivity contribution in [1.82, 2.24) is 19.5 Å². The lowest BCUT2D eigenvalue weighted by Crippen LogP contribution is -2.55. The second kappa shape index (κ2) is 18.5. The molecule has 4 aliphatic heterocycles. The average Bonchev–Trinajstić information content (AvgIpc) is 3.77. The molecule has 0 radical (unpaired) electrons. The molecule has 5 aliphatic rings. The van der Waals surface area contributed by atoms with Gasteiger partial charge in [-0.05, 0) is 90.6 Å². The number of nitriles is 1. The van der Waals surface area contributed by atoms with Crippen molar-refractivity contribution < 1.29 is 31.8 Å². The first-order valence-electron chi connectivity index (χ1n) is 22.2. The van der Waals surface area contributed by atoms with Crippen molar-refractivity contribution in [3.05, 3.63) is 111 Å². The number of rotatable bonds is 13. The average molecular weight is 923 g/mol. The number of benzene rings is 3. The molecule has 0 unspecified atom stereocenters. The number of hydrogen-bond acceptors (Lipinski definition) is 12. The van der Waals surface area contributed by atoms with Gasteiger partial charge in [-0.25, -0.2) is 22.5 Å². The summed E-state index contributed by atoms with van der Waals surface area (Å²) in [5, 5.41) is 10.7. The number of amides is 1. The number of fused-ring (bicyclic) bond motifs is 1. The third-order valence-corrected chi connectivity index (χ3v) is 14.9. The highest BCUT2D eigenvalue weighted by molar-refractivity contribution is 7.90. The van der Waals surface area contributed by atoms with E-state index in [1.807, 2.05) is 30.3 Å². The Hall–Kier alpha value is -5.37. The van der Waals surface area contributed by atoms with Crippen LogP contribution in [0.1, 0.15) is 78.6 Å². The third-order valence-electron chi connectivity index (χ3n) is 13.4. The van der Waals surface area contributed by atoms with Crippen molar-refractivity contribution in [3.8, 4) is 23.4 Å². The first kappa shape index (κ1) is 44.8. The predicted octanol–water partition coefficient (Wildman–Crippen LogP) is 7.82. The normalized spacial score (nSPS) is 19.9. The van der Waals surface area contributed by atoms with E-state index in [4.69, 9.17) is 25.8 Å². The summed E-state index contributed by atoms with van der Waals surface area (Å²) < 4.78 is 62.8. The van der Waals surface area contributed by atoms with Gasteiger partial charge in [-0.15, -0.1) is 0 Å². The predicted molar refractivity (Wildman–Crippen MR) is 247 cm³/mol. The maximum Gasteiger partial charge on any atom is 0.268 e. The van der Waals surface area contributed by atoms with Crippen LogP contribution in [0.25, 0.3) is 5.57 Å². The van der Waals surface area contributed by atoms with Crippen LogP contribution in [0.5, 0.6) is 17.4 Å². The Morgan fingerprint density at radius 1 is 1.00 bits per heavy atom. The molecule has 1 aliphatic carbocycles. The van der Waals surface area contributed by atoms with Gasteiger partial charge in [-0.3, -0.25) is 19.6 Å². The number of ether oxygens (including phenoxy) is 3. The van der Waals surface area contributed by atoms with Crippen LogP contribution in [0.4, 0.5) is 10.1 Å². The van der Waals surface area contributed by atoms with Crippen LogP contribution < -0.4 is 19.1 Å². The van der Waals surface area contributed by atoms with Gasteiger partial charge in [-0.1, -0.05) is 55.3 Å². The third kappa shape index (κ3) is 10.1. The lowest BCUT2D eigenvalue weighted by molar-refractivity contribution is -0.0892. The summed E-state index contributed by atoms with van der Waals surface area (Å²) in [4.78, 5) is 29.0. The van der Waals surface area contributed by atoms with Gasteiger partial charge < -0.3 is 19.1 Å². The van der Waals surface area contributed by atoms with Crippen molar-refractivity contribution in [2.45, 2.75) is 69.1 Å². The molecule has 0 bridgehead atoms. The number of aromatic nitrogens is 1. The molecule has 9 rings (SSSR count). The Morgan fingerprint density at radius 2 is 1.77 bits per heavy atom. The largest absolute Gasteiger partial charge is 0.473 e. The number of nitrogens with zero attached hydrogens (tertiary/aromatic N) is 6. The van der Waals surface area contributed by atoms with Gasteiger partial charge in [0.25, 0.3) is 15.9 Å². The lowest BCUT2D eigenvalue weighted by atomic mass is 9.72. The molecule has 1 N–H and O–H groups in total. The van der Waals surface area contributed by atoms with Gasteiger partial charge in [0.05, 0.1) is 37.6 Å². The zero-order valence-corrected chi connectivity index (χ0v) is 38.3. The monoisotopic (exact) mass is 921 g/mol. The van der Waals surface area contributed by atoms with E-state index in [9.17, 15) is 18.5 Å². The smallest absolute Gasteiger partial charge is 0.268 e. The zero-order valence-electron chi connectivity index (χ0n) is 36.7. The summed E-state index contributed by atoms with van der Waals surface area (Å²) in [6.45, 7) is 11.3. The Morgan fingerprint density at radius 3 is 2.49 bits per heavy atom. The molecule has 0 atom stereocenters. The summed E-state index contributed by atoms with van der Waals surface area (Å²) >= 11 is 6.25. The summed E-state index contributed by atoms with van der Waals surface area (Å²) in [5.41, 5.74) is 5.08. The molecule has 0 spiro atoms. The highest BCUT2D eigenvalue weighted by atomic mass is 35.5. The van der Waals surface area contributed by atoms with E-state index in [0.29, 0.717) is 44.6 Å². The summed E-state index contributed by atoms with van der Waals surface area (Å²) in [7, 11) is -4.56. The van der Waals surface area contributed by atoms with Gasteiger partial charge in [0, 0.05) is 74.4 Å². The number of nitrogens with one attached hydrogen (secondary N) is 1. The van der Waals surface area contributed by atoms with Crippen LogP contribution in [-0.2, 0) is 21.3 Å². The molecule has 1 aromatic heterocycles. The highest BCUT2D eigenvalue weighted by Gasteiger charge is 2.39. The number of hydrogen-bond donors (Lipinski definition) is 1. The van der Waals surface area contributed by atoms with Gasteiger partial charge in [0.2, 0.25) is 5.88 Å². The minimum atomic E-state index is -4.56. The Bertz CT molecular complexity index is 2670. The number of piperazine rings is 1. The number of pyridine rings is 1. The Kier molecular flexibility index (Phi) is 12.7. The highest BCUT2D eigenvalue weighted by Crippen LogP contribution is 2.44. The van der Waals surface area contributed by atoms with Gasteiger partial charge in [0.15, 0.2) is 0 Å². The van der Waals surface area contributed by atoms with Crippen molar-refractivity contribution in [3.63, 3.8) is 0 Å². The van der Waals surface area contributed by atoms with E-state index in [0.717, 1.165) is 86.1 Å². The second-order valence-electron chi connectivity index (χ2n) is 18.5. The summed E-state index contributed by atoms with van der Waals surface area (Å²) in [6.07, 6.45) is 6.42. The number of halogens is 2. The number of aliphatic imine (C=N–C) groups is 1. The number of carbonyl (C=O) groups excluding carboxylic acids is 1. The maximum absolute atomic E-state index is 15.7. The minimum Gasteiger partial charge on any atom is -0.473 e. The first-order chi connectivity index (χ1) is 31.2. The quantitative estimate of drug-likeness (QED) is 0.140. The van der Waals surface area contributed by atoms with E-state index >= 15 is 4.39 Å². The number of piperidine rings is 1. The van der Waals surface area contributed by atoms with Crippen LogP contribution >= 0.6 is 11.6 Å². The van der Waals surface area contributed by atoms with E-state index < -0.39 is 26.5 Å². The number of anilines is 1. The number of carbonyl (C=O) groups is 1. The van der Waals surface area contributed by atoms with Crippen LogP contribution in [0.15, 0.2) is 88.4 Å². The topological polar surface area (TPSA) is 150 Å². The molecular weight excluding hydrogens is 869 g/mol. The fourth-order valence-electron chi connectivity index (χ4n) is 9.27. The van der Waals surface area contributed by atoms with Crippen molar-refractivity contribution in [2.24, 2.45) is 10.4 Å². The molecule has 5 heterocycles. The Balaban J connectivity index is 0.900. The number of allylic oxidation sites excluding steroid dienone is 1. The SMILES string of the molecule is CC1(C)CCC(CN2CCN(c3ccc(C(=O)NS(=O)(=O)c4cnc(OCC5(F)CCN(C6COC6)CC5)c(C#N)c4)c(Oc4cccc5c4C=NC5)c3)CC2)=C(c2ccc(Cl)cc2)C1. The molecule has 0 saturated carbocycles. The molecular formula is C49H53ClFN7O6S. The number of sulfonamides is 1. The van der Waals surface area contributed by atoms with Crippen molar-refractivity contribution >= 4 is 45.0 Å².